The molecule has 0 spiro atoms. The number of aryl methyl sites for hydroxylation is 1. The lowest BCUT2D eigenvalue weighted by molar-refractivity contribution is -0.127. The zero-order valence-corrected chi connectivity index (χ0v) is 14.3. The zero-order valence-electron chi connectivity index (χ0n) is 14.3. The summed E-state index contributed by atoms with van der Waals surface area (Å²) in [6.45, 7) is 3.63. The summed E-state index contributed by atoms with van der Waals surface area (Å²) in [7, 11) is 1.86. The van der Waals surface area contributed by atoms with E-state index in [2.05, 4.69) is 4.98 Å². The van der Waals surface area contributed by atoms with Gasteiger partial charge in [0, 0.05) is 58.6 Å². The van der Waals surface area contributed by atoms with E-state index in [0.717, 1.165) is 38.8 Å². The van der Waals surface area contributed by atoms with E-state index in [1.807, 2.05) is 16.8 Å². The molecule has 3 rings (SSSR count). The summed E-state index contributed by atoms with van der Waals surface area (Å²) in [4.78, 5) is 32.7. The molecule has 0 N–H and O–H groups in total. The quantitative estimate of drug-likeness (QED) is 0.780. The predicted molar refractivity (Wildman–Crippen MR) is 88.5 cm³/mol. The minimum Gasteiger partial charge on any atom is -0.381 e. The maximum atomic E-state index is 12.9. The van der Waals surface area contributed by atoms with Crippen LogP contribution in [0.15, 0.2) is 12.5 Å². The third kappa shape index (κ3) is 3.95. The number of hydrogen-bond acceptors (Lipinski definition) is 4. The molecule has 132 valence electrons. The molecule has 0 unspecified atom stereocenters. The fraction of sp³-hybridized carbons (Fsp3) is 0.706. The Hall–Kier alpha value is -1.89. The summed E-state index contributed by atoms with van der Waals surface area (Å²) in [6.07, 6.45) is 7.56. The van der Waals surface area contributed by atoms with Crippen molar-refractivity contribution in [3.63, 3.8) is 0 Å². The van der Waals surface area contributed by atoms with Crippen LogP contribution < -0.4 is 0 Å². The average Bonchev–Trinajstić information content (AvgIpc) is 3.20. The molecule has 3 heterocycles. The van der Waals surface area contributed by atoms with Gasteiger partial charge in [0.05, 0.1) is 6.33 Å². The molecule has 7 heteroatoms. The number of amides is 2. The summed E-state index contributed by atoms with van der Waals surface area (Å²) in [5.74, 6) is 0.221. The number of carbonyl (C=O) groups is 2. The van der Waals surface area contributed by atoms with Crippen LogP contribution in [0, 0.1) is 0 Å². The van der Waals surface area contributed by atoms with Gasteiger partial charge >= 0.3 is 0 Å². The van der Waals surface area contributed by atoms with Crippen LogP contribution in [-0.4, -0.2) is 70.1 Å². The molecule has 0 bridgehead atoms. The van der Waals surface area contributed by atoms with Gasteiger partial charge < -0.3 is 19.1 Å². The first-order chi connectivity index (χ1) is 11.6. The van der Waals surface area contributed by atoms with Crippen molar-refractivity contribution in [1.29, 1.82) is 0 Å². The van der Waals surface area contributed by atoms with E-state index in [1.165, 1.54) is 0 Å². The van der Waals surface area contributed by atoms with Crippen molar-refractivity contribution in [2.45, 2.75) is 38.1 Å². The topological polar surface area (TPSA) is 67.7 Å². The first-order valence-electron chi connectivity index (χ1n) is 8.79. The Balaban J connectivity index is 1.62. The SMILES string of the molecule is Cn1cnc(C(=O)N(CCCN2CCCC2=O)C2CCOCC2)c1. The molecule has 2 fully saturated rings. The number of imidazole rings is 1. The second-order valence-corrected chi connectivity index (χ2v) is 6.60. The lowest BCUT2D eigenvalue weighted by Crippen LogP contribution is -2.45. The third-order valence-corrected chi connectivity index (χ3v) is 4.81. The first kappa shape index (κ1) is 17.0. The molecule has 1 aromatic rings. The molecule has 0 atom stereocenters. The van der Waals surface area contributed by atoms with Crippen LogP contribution in [0.5, 0.6) is 0 Å². The Morgan fingerprint density at radius 2 is 2.21 bits per heavy atom. The van der Waals surface area contributed by atoms with Crippen molar-refractivity contribution >= 4 is 11.8 Å². The highest BCUT2D eigenvalue weighted by Gasteiger charge is 2.28. The van der Waals surface area contributed by atoms with Gasteiger partial charge in [0.25, 0.3) is 5.91 Å². The van der Waals surface area contributed by atoms with Crippen molar-refractivity contribution in [1.82, 2.24) is 19.4 Å². The Morgan fingerprint density at radius 1 is 1.42 bits per heavy atom. The van der Waals surface area contributed by atoms with Crippen molar-refractivity contribution in [3.05, 3.63) is 18.2 Å². The second kappa shape index (κ2) is 7.79. The number of rotatable bonds is 6. The van der Waals surface area contributed by atoms with Gasteiger partial charge in [-0.3, -0.25) is 9.59 Å². The maximum absolute atomic E-state index is 12.9. The number of aromatic nitrogens is 2. The molecule has 2 saturated heterocycles. The van der Waals surface area contributed by atoms with E-state index in [0.29, 0.717) is 31.9 Å². The van der Waals surface area contributed by atoms with E-state index in [-0.39, 0.29) is 17.9 Å². The standard InChI is InChI=1S/C17H26N4O3/c1-19-12-15(18-13-19)17(23)21(14-5-10-24-11-6-14)9-3-8-20-7-2-4-16(20)22/h12-14H,2-11H2,1H3. The monoisotopic (exact) mass is 334 g/mol. The van der Waals surface area contributed by atoms with E-state index < -0.39 is 0 Å². The number of ether oxygens (including phenoxy) is 1. The fourth-order valence-corrected chi connectivity index (χ4v) is 3.49. The summed E-state index contributed by atoms with van der Waals surface area (Å²) in [6, 6.07) is 0.197. The molecule has 24 heavy (non-hydrogen) atoms. The van der Waals surface area contributed by atoms with Crippen molar-refractivity contribution < 1.29 is 14.3 Å². The minimum atomic E-state index is -0.0183. The summed E-state index contributed by atoms with van der Waals surface area (Å²) < 4.78 is 7.22. The predicted octanol–water partition coefficient (Wildman–Crippen LogP) is 1.05. The number of likely N-dealkylation sites (tertiary alicyclic amines) is 1. The molecule has 7 nitrogen and oxygen atoms in total. The van der Waals surface area contributed by atoms with Crippen molar-refractivity contribution in [2.75, 3.05) is 32.8 Å². The Kier molecular flexibility index (Phi) is 5.50. The lowest BCUT2D eigenvalue weighted by Gasteiger charge is -2.34. The van der Waals surface area contributed by atoms with E-state index >= 15 is 0 Å². The molecule has 0 radical (unpaired) electrons. The lowest BCUT2D eigenvalue weighted by atomic mass is 10.1. The van der Waals surface area contributed by atoms with E-state index in [9.17, 15) is 9.59 Å². The van der Waals surface area contributed by atoms with Crippen molar-refractivity contribution in [3.8, 4) is 0 Å². The van der Waals surface area contributed by atoms with Crippen LogP contribution in [0.3, 0.4) is 0 Å². The molecule has 1 aromatic heterocycles. The van der Waals surface area contributed by atoms with Crippen LogP contribution in [0.1, 0.15) is 42.6 Å². The van der Waals surface area contributed by atoms with Crippen LogP contribution in [0.4, 0.5) is 0 Å². The van der Waals surface area contributed by atoms with Gasteiger partial charge in [-0.2, -0.15) is 0 Å². The molecule has 2 aliphatic heterocycles. The molecular formula is C17H26N4O3. The van der Waals surface area contributed by atoms with Gasteiger partial charge in [-0.25, -0.2) is 4.98 Å². The average molecular weight is 334 g/mol. The van der Waals surface area contributed by atoms with Gasteiger partial charge in [-0.1, -0.05) is 0 Å². The van der Waals surface area contributed by atoms with Crippen molar-refractivity contribution in [2.24, 2.45) is 7.05 Å². The second-order valence-electron chi connectivity index (χ2n) is 6.60. The van der Waals surface area contributed by atoms with Crippen LogP contribution in [-0.2, 0) is 16.6 Å². The van der Waals surface area contributed by atoms with E-state index in [1.54, 1.807) is 17.1 Å². The van der Waals surface area contributed by atoms with Gasteiger partial charge in [0.1, 0.15) is 5.69 Å². The summed E-state index contributed by atoms with van der Waals surface area (Å²) in [5.41, 5.74) is 0.487. The van der Waals surface area contributed by atoms with Crippen LogP contribution in [0.2, 0.25) is 0 Å². The normalized spacial score (nSPS) is 19.0. The maximum Gasteiger partial charge on any atom is 0.274 e. The highest BCUT2D eigenvalue weighted by molar-refractivity contribution is 5.92. The largest absolute Gasteiger partial charge is 0.381 e. The number of nitrogens with zero attached hydrogens (tertiary/aromatic N) is 4. The van der Waals surface area contributed by atoms with E-state index in [4.69, 9.17) is 4.74 Å². The molecule has 0 aromatic carbocycles. The molecule has 0 aliphatic carbocycles. The molecule has 2 aliphatic rings. The highest BCUT2D eigenvalue weighted by Crippen LogP contribution is 2.18. The summed E-state index contributed by atoms with van der Waals surface area (Å²) in [5, 5.41) is 0. The van der Waals surface area contributed by atoms with Crippen LogP contribution in [0.25, 0.3) is 0 Å². The third-order valence-electron chi connectivity index (χ3n) is 4.81. The Morgan fingerprint density at radius 3 is 2.83 bits per heavy atom. The fourth-order valence-electron chi connectivity index (χ4n) is 3.49. The smallest absolute Gasteiger partial charge is 0.274 e. The summed E-state index contributed by atoms with van der Waals surface area (Å²) >= 11 is 0. The van der Waals surface area contributed by atoms with Gasteiger partial charge in [0.2, 0.25) is 5.91 Å². The first-order valence-corrected chi connectivity index (χ1v) is 8.79. The number of carbonyl (C=O) groups excluding carboxylic acids is 2. The van der Waals surface area contributed by atoms with Gasteiger partial charge in [-0.15, -0.1) is 0 Å². The minimum absolute atomic E-state index is 0.0183. The van der Waals surface area contributed by atoms with Crippen LogP contribution >= 0.6 is 0 Å². The highest BCUT2D eigenvalue weighted by atomic mass is 16.5. The number of hydrogen-bond donors (Lipinski definition) is 0. The Bertz CT molecular complexity index is 580. The van der Waals surface area contributed by atoms with Gasteiger partial charge in [0.15, 0.2) is 0 Å². The zero-order chi connectivity index (χ0) is 16.9. The molecular weight excluding hydrogens is 308 g/mol. The molecule has 2 amide bonds. The Labute approximate surface area is 142 Å². The molecule has 0 saturated carbocycles. The van der Waals surface area contributed by atoms with Gasteiger partial charge in [-0.05, 0) is 25.7 Å².